The number of ketones is 1. The molecule has 0 aliphatic carbocycles. The van der Waals surface area contributed by atoms with Crippen molar-refractivity contribution < 1.29 is 4.79 Å². The molecule has 0 amide bonds. The first-order valence-electron chi connectivity index (χ1n) is 4.88. The van der Waals surface area contributed by atoms with Crippen molar-refractivity contribution in [3.8, 4) is 0 Å². The predicted molar refractivity (Wildman–Crippen MR) is 56.2 cm³/mol. The zero-order chi connectivity index (χ0) is 9.97. The second-order valence-corrected chi connectivity index (χ2v) is 3.69. The summed E-state index contributed by atoms with van der Waals surface area (Å²) < 4.78 is 0. The van der Waals surface area contributed by atoms with Crippen LogP contribution in [0.25, 0.3) is 0 Å². The molecule has 0 radical (unpaired) electrons. The van der Waals surface area contributed by atoms with Crippen molar-refractivity contribution in [1.82, 2.24) is 5.32 Å². The molecule has 3 heteroatoms. The van der Waals surface area contributed by atoms with Crippen molar-refractivity contribution in [3.05, 3.63) is 29.8 Å². The van der Waals surface area contributed by atoms with Crippen LogP contribution in [-0.4, -0.2) is 18.4 Å². The summed E-state index contributed by atoms with van der Waals surface area (Å²) in [5.74, 6) is 0.175. The van der Waals surface area contributed by atoms with Gasteiger partial charge in [-0.1, -0.05) is 12.1 Å². The summed E-state index contributed by atoms with van der Waals surface area (Å²) in [5.41, 5.74) is 6.98. The number of hydrogen-bond donors (Lipinski definition) is 2. The van der Waals surface area contributed by atoms with Crippen LogP contribution in [0.4, 0.5) is 5.69 Å². The van der Waals surface area contributed by atoms with E-state index in [9.17, 15) is 4.79 Å². The fourth-order valence-corrected chi connectivity index (χ4v) is 1.58. The highest BCUT2D eigenvalue weighted by Gasteiger charge is 2.20. The SMILES string of the molecule is Nc1cccc(C(=O)CC2CCN2)c1. The lowest BCUT2D eigenvalue weighted by atomic mass is 9.97. The monoisotopic (exact) mass is 190 g/mol. The lowest BCUT2D eigenvalue weighted by Crippen LogP contribution is -2.44. The molecule has 0 spiro atoms. The van der Waals surface area contributed by atoms with Gasteiger partial charge in [-0.3, -0.25) is 4.79 Å². The summed E-state index contributed by atoms with van der Waals surface area (Å²) in [5, 5.41) is 3.21. The topological polar surface area (TPSA) is 55.1 Å². The number of carbonyl (C=O) groups excluding carboxylic acids is 1. The smallest absolute Gasteiger partial charge is 0.164 e. The maximum Gasteiger partial charge on any atom is 0.164 e. The first kappa shape index (κ1) is 9.21. The summed E-state index contributed by atoms with van der Waals surface area (Å²) in [6.07, 6.45) is 1.69. The summed E-state index contributed by atoms with van der Waals surface area (Å²) in [6.45, 7) is 1.04. The van der Waals surface area contributed by atoms with Crippen LogP contribution in [0, 0.1) is 0 Å². The van der Waals surface area contributed by atoms with Gasteiger partial charge >= 0.3 is 0 Å². The molecule has 3 nitrogen and oxygen atoms in total. The minimum Gasteiger partial charge on any atom is -0.399 e. The summed E-state index contributed by atoms with van der Waals surface area (Å²) in [4.78, 5) is 11.7. The van der Waals surface area contributed by atoms with Crippen LogP contribution in [0.1, 0.15) is 23.2 Å². The predicted octanol–water partition coefficient (Wildman–Crippen LogP) is 1.20. The molecule has 0 saturated carbocycles. The van der Waals surface area contributed by atoms with E-state index in [1.165, 1.54) is 0 Å². The van der Waals surface area contributed by atoms with Crippen molar-refractivity contribution >= 4 is 11.5 Å². The molecule has 0 bridgehead atoms. The Balaban J connectivity index is 2.02. The van der Waals surface area contributed by atoms with Gasteiger partial charge in [0.25, 0.3) is 0 Å². The van der Waals surface area contributed by atoms with Crippen LogP contribution >= 0.6 is 0 Å². The van der Waals surface area contributed by atoms with Crippen LogP contribution < -0.4 is 11.1 Å². The standard InChI is InChI=1S/C11H14N2O/c12-9-3-1-2-8(6-9)11(14)7-10-4-5-13-10/h1-3,6,10,13H,4-5,7,12H2. The molecular formula is C11H14N2O. The fraction of sp³-hybridized carbons (Fsp3) is 0.364. The van der Waals surface area contributed by atoms with Crippen molar-refractivity contribution in [2.45, 2.75) is 18.9 Å². The molecule has 1 heterocycles. The van der Waals surface area contributed by atoms with Gasteiger partial charge in [-0.05, 0) is 25.1 Å². The van der Waals surface area contributed by atoms with Gasteiger partial charge in [0.15, 0.2) is 5.78 Å². The Morgan fingerprint density at radius 1 is 1.57 bits per heavy atom. The average Bonchev–Trinajstić information content (AvgIpc) is 2.11. The lowest BCUT2D eigenvalue weighted by molar-refractivity contribution is 0.0956. The van der Waals surface area contributed by atoms with E-state index in [4.69, 9.17) is 5.73 Å². The van der Waals surface area contributed by atoms with Crippen LogP contribution in [0.2, 0.25) is 0 Å². The van der Waals surface area contributed by atoms with Crippen molar-refractivity contribution in [1.29, 1.82) is 0 Å². The minimum absolute atomic E-state index is 0.175. The van der Waals surface area contributed by atoms with Gasteiger partial charge in [-0.25, -0.2) is 0 Å². The van der Waals surface area contributed by atoms with Crippen LogP contribution in [0.5, 0.6) is 0 Å². The largest absolute Gasteiger partial charge is 0.399 e. The normalized spacial score (nSPS) is 20.1. The van der Waals surface area contributed by atoms with E-state index in [0.717, 1.165) is 18.5 Å². The number of hydrogen-bond acceptors (Lipinski definition) is 3. The van der Waals surface area contributed by atoms with Crippen LogP contribution in [0.15, 0.2) is 24.3 Å². The van der Waals surface area contributed by atoms with Gasteiger partial charge in [0, 0.05) is 23.7 Å². The number of nitrogens with two attached hydrogens (primary N) is 1. The molecule has 1 aliphatic rings. The zero-order valence-electron chi connectivity index (χ0n) is 7.99. The maximum absolute atomic E-state index is 11.7. The number of Topliss-reactive ketones (excluding diaryl/α,β-unsaturated/α-hetero) is 1. The Morgan fingerprint density at radius 3 is 2.93 bits per heavy atom. The van der Waals surface area contributed by atoms with E-state index in [1.807, 2.05) is 12.1 Å². The van der Waals surface area contributed by atoms with Crippen LogP contribution in [-0.2, 0) is 0 Å². The average molecular weight is 190 g/mol. The second kappa shape index (κ2) is 3.80. The fourth-order valence-electron chi connectivity index (χ4n) is 1.58. The molecule has 14 heavy (non-hydrogen) atoms. The number of nitrogens with one attached hydrogen (secondary N) is 1. The van der Waals surface area contributed by atoms with E-state index in [1.54, 1.807) is 12.1 Å². The van der Waals surface area contributed by atoms with Crippen molar-refractivity contribution in [3.63, 3.8) is 0 Å². The molecule has 1 unspecified atom stereocenters. The zero-order valence-corrected chi connectivity index (χ0v) is 7.99. The molecule has 1 aromatic rings. The van der Waals surface area contributed by atoms with Gasteiger partial charge in [-0.15, -0.1) is 0 Å². The second-order valence-electron chi connectivity index (χ2n) is 3.69. The molecule has 3 N–H and O–H groups in total. The van der Waals surface area contributed by atoms with Crippen molar-refractivity contribution in [2.24, 2.45) is 0 Å². The lowest BCUT2D eigenvalue weighted by Gasteiger charge is -2.26. The number of anilines is 1. The summed E-state index contributed by atoms with van der Waals surface area (Å²) in [7, 11) is 0. The molecule has 1 aromatic carbocycles. The van der Waals surface area contributed by atoms with E-state index < -0.39 is 0 Å². The maximum atomic E-state index is 11.7. The third-order valence-corrected chi connectivity index (χ3v) is 2.57. The summed E-state index contributed by atoms with van der Waals surface area (Å²) in [6, 6.07) is 7.54. The Kier molecular flexibility index (Phi) is 2.50. The number of benzene rings is 1. The Hall–Kier alpha value is -1.35. The highest BCUT2D eigenvalue weighted by atomic mass is 16.1. The first-order valence-corrected chi connectivity index (χ1v) is 4.88. The van der Waals surface area contributed by atoms with Gasteiger partial charge < -0.3 is 11.1 Å². The molecule has 1 fully saturated rings. The third kappa shape index (κ3) is 1.93. The van der Waals surface area contributed by atoms with Gasteiger partial charge in [-0.2, -0.15) is 0 Å². The molecule has 1 saturated heterocycles. The number of nitrogen functional groups attached to an aromatic ring is 1. The Labute approximate surface area is 83.3 Å². The Bertz CT molecular complexity index is 345. The van der Waals surface area contributed by atoms with Crippen LogP contribution in [0.3, 0.4) is 0 Å². The minimum atomic E-state index is 0.175. The molecule has 2 rings (SSSR count). The molecular weight excluding hydrogens is 176 g/mol. The van der Waals surface area contributed by atoms with Crippen molar-refractivity contribution in [2.75, 3.05) is 12.3 Å². The van der Waals surface area contributed by atoms with E-state index in [0.29, 0.717) is 18.2 Å². The molecule has 74 valence electrons. The third-order valence-electron chi connectivity index (χ3n) is 2.57. The molecule has 1 aliphatic heterocycles. The molecule has 1 atom stereocenters. The van der Waals surface area contributed by atoms with Gasteiger partial charge in [0.1, 0.15) is 0 Å². The van der Waals surface area contributed by atoms with Gasteiger partial charge in [0.2, 0.25) is 0 Å². The summed E-state index contributed by atoms with van der Waals surface area (Å²) >= 11 is 0. The van der Waals surface area contributed by atoms with E-state index >= 15 is 0 Å². The van der Waals surface area contributed by atoms with E-state index in [-0.39, 0.29) is 5.78 Å². The first-order chi connectivity index (χ1) is 6.75. The Morgan fingerprint density at radius 2 is 2.36 bits per heavy atom. The molecule has 0 aromatic heterocycles. The van der Waals surface area contributed by atoms with Gasteiger partial charge in [0.05, 0.1) is 0 Å². The van der Waals surface area contributed by atoms with E-state index in [2.05, 4.69) is 5.32 Å². The quantitative estimate of drug-likeness (QED) is 0.556. The highest BCUT2D eigenvalue weighted by Crippen LogP contribution is 2.13. The highest BCUT2D eigenvalue weighted by molar-refractivity contribution is 5.97. The number of rotatable bonds is 3. The number of carbonyl (C=O) groups is 1.